The Bertz CT molecular complexity index is 818. The molecule has 0 aliphatic rings. The van der Waals surface area contributed by atoms with Gasteiger partial charge in [-0.15, -0.1) is 0 Å². The minimum atomic E-state index is -0.574. The average Bonchev–Trinajstić information content (AvgIpc) is 2.52. The van der Waals surface area contributed by atoms with E-state index in [4.69, 9.17) is 13.9 Å². The molecule has 1 heterocycles. The maximum absolute atomic E-state index is 11.8. The van der Waals surface area contributed by atoms with Gasteiger partial charge in [-0.3, -0.25) is 4.79 Å². The number of ether oxygens (including phenoxy) is 2. The molecule has 0 spiro atoms. The second kappa shape index (κ2) is 7.83. The summed E-state index contributed by atoms with van der Waals surface area (Å²) in [6.07, 6.45) is -0.586. The van der Waals surface area contributed by atoms with Crippen LogP contribution < -0.4 is 15.7 Å². The Morgan fingerprint density at radius 2 is 1.88 bits per heavy atom. The Labute approximate surface area is 144 Å². The molecule has 0 bridgehead atoms. The molecule has 0 atom stereocenters. The lowest BCUT2D eigenvalue weighted by Gasteiger charge is -2.17. The number of carbonyl (C=O) groups excluding carboxylic acids is 2. The second-order valence-corrected chi connectivity index (χ2v) is 6.74. The molecule has 7 heteroatoms. The molecule has 0 saturated carbocycles. The number of amides is 1. The van der Waals surface area contributed by atoms with Gasteiger partial charge in [0.2, 0.25) is 0 Å². The first-order valence-corrected chi connectivity index (χ1v) is 7.88. The highest BCUT2D eigenvalue weighted by Crippen LogP contribution is 2.19. The van der Waals surface area contributed by atoms with E-state index in [1.807, 2.05) is 20.8 Å². The number of hydrogen-bond donors (Lipinski definition) is 1. The van der Waals surface area contributed by atoms with Crippen molar-refractivity contribution in [2.75, 3.05) is 13.2 Å². The van der Waals surface area contributed by atoms with Crippen molar-refractivity contribution in [3.05, 3.63) is 40.8 Å². The van der Waals surface area contributed by atoms with Crippen molar-refractivity contribution >= 4 is 23.0 Å². The van der Waals surface area contributed by atoms with Gasteiger partial charge in [0, 0.05) is 24.1 Å². The van der Waals surface area contributed by atoms with Crippen molar-refractivity contribution in [3.8, 4) is 5.75 Å². The lowest BCUT2D eigenvalue weighted by Crippen LogP contribution is -2.30. The van der Waals surface area contributed by atoms with Gasteiger partial charge < -0.3 is 19.2 Å². The Hall–Kier alpha value is -2.83. The highest BCUT2D eigenvalue weighted by atomic mass is 16.6. The molecule has 1 amide bonds. The van der Waals surface area contributed by atoms with Crippen molar-refractivity contribution < 1.29 is 23.5 Å². The molecule has 7 nitrogen and oxygen atoms in total. The number of alkyl carbamates (subject to hydrolysis) is 1. The number of hydrogen-bond acceptors (Lipinski definition) is 6. The van der Waals surface area contributed by atoms with Crippen LogP contribution >= 0.6 is 0 Å². The van der Waals surface area contributed by atoms with E-state index in [2.05, 4.69) is 5.32 Å². The number of carbonyl (C=O) groups is 2. The van der Waals surface area contributed by atoms with E-state index >= 15 is 0 Å². The molecular formula is C18H21NO6. The molecule has 0 fully saturated rings. The molecule has 0 radical (unpaired) electrons. The van der Waals surface area contributed by atoms with Crippen LogP contribution in [0.3, 0.4) is 0 Å². The summed E-state index contributed by atoms with van der Waals surface area (Å²) in [5, 5.41) is 3.21. The monoisotopic (exact) mass is 347 g/mol. The molecule has 0 unspecified atom stereocenters. The summed E-state index contributed by atoms with van der Waals surface area (Å²) in [4.78, 5) is 34.5. The smallest absolute Gasteiger partial charge is 0.407 e. The van der Waals surface area contributed by atoms with Gasteiger partial charge in [0.25, 0.3) is 0 Å². The van der Waals surface area contributed by atoms with Crippen LogP contribution in [-0.2, 0) is 9.53 Å². The van der Waals surface area contributed by atoms with Crippen LogP contribution in [0.15, 0.2) is 39.5 Å². The Kier molecular flexibility index (Phi) is 5.80. The molecule has 1 aromatic carbocycles. The second-order valence-electron chi connectivity index (χ2n) is 6.74. The van der Waals surface area contributed by atoms with Crippen LogP contribution in [0.1, 0.15) is 27.2 Å². The number of fused-ring (bicyclic) bond motifs is 1. The van der Waals surface area contributed by atoms with Crippen molar-refractivity contribution in [1.29, 1.82) is 0 Å². The topological polar surface area (TPSA) is 94.8 Å². The molecule has 1 aromatic heterocycles. The summed E-state index contributed by atoms with van der Waals surface area (Å²) >= 11 is 0. The first-order valence-electron chi connectivity index (χ1n) is 7.88. The summed E-state index contributed by atoms with van der Waals surface area (Å²) in [6.45, 7) is 6.23. The van der Waals surface area contributed by atoms with Gasteiger partial charge in [-0.25, -0.2) is 9.59 Å². The van der Waals surface area contributed by atoms with Gasteiger partial charge >= 0.3 is 17.7 Å². The maximum Gasteiger partial charge on any atom is 0.407 e. The highest BCUT2D eigenvalue weighted by Gasteiger charge is 2.14. The fourth-order valence-corrected chi connectivity index (χ4v) is 1.89. The number of benzene rings is 1. The van der Waals surface area contributed by atoms with Crippen molar-refractivity contribution in [1.82, 2.24) is 5.32 Å². The number of esters is 1. The predicted molar refractivity (Wildman–Crippen MR) is 91.5 cm³/mol. The van der Waals surface area contributed by atoms with E-state index in [0.717, 1.165) is 5.39 Å². The standard InChI is InChI=1S/C18H21NO6/c1-18(2,3)11-23-17(22)19-9-8-16(21)24-13-6-4-12-5-7-15(20)25-14(12)10-13/h4-7,10H,8-9,11H2,1-3H3,(H,19,22). The Morgan fingerprint density at radius 1 is 1.16 bits per heavy atom. The molecule has 25 heavy (non-hydrogen) atoms. The zero-order valence-corrected chi connectivity index (χ0v) is 14.5. The van der Waals surface area contributed by atoms with Crippen LogP contribution in [-0.4, -0.2) is 25.2 Å². The summed E-state index contributed by atoms with van der Waals surface area (Å²) in [7, 11) is 0. The number of nitrogens with one attached hydrogen (secondary N) is 1. The van der Waals surface area contributed by atoms with Gasteiger partial charge in [-0.1, -0.05) is 20.8 Å². The minimum absolute atomic E-state index is 0.0125. The summed E-state index contributed by atoms with van der Waals surface area (Å²) < 4.78 is 15.2. The van der Waals surface area contributed by atoms with E-state index in [9.17, 15) is 14.4 Å². The van der Waals surface area contributed by atoms with E-state index in [1.54, 1.807) is 18.2 Å². The molecule has 2 rings (SSSR count). The lowest BCUT2D eigenvalue weighted by molar-refractivity contribution is -0.134. The third kappa shape index (κ3) is 6.29. The molecule has 134 valence electrons. The van der Waals surface area contributed by atoms with Gasteiger partial charge in [-0.05, 0) is 23.6 Å². The first kappa shape index (κ1) is 18.5. The van der Waals surface area contributed by atoms with Crippen LogP contribution in [0.25, 0.3) is 11.0 Å². The molecule has 0 aliphatic heterocycles. The number of rotatable bonds is 5. The van der Waals surface area contributed by atoms with Gasteiger partial charge in [0.15, 0.2) is 0 Å². The third-order valence-electron chi connectivity index (χ3n) is 3.06. The zero-order chi connectivity index (χ0) is 18.4. The fourth-order valence-electron chi connectivity index (χ4n) is 1.89. The molecule has 0 aliphatic carbocycles. The van der Waals surface area contributed by atoms with Crippen LogP contribution in [0.2, 0.25) is 0 Å². The van der Waals surface area contributed by atoms with Crippen LogP contribution in [0.4, 0.5) is 4.79 Å². The summed E-state index contributed by atoms with van der Waals surface area (Å²) in [5.74, 6) is -0.254. The van der Waals surface area contributed by atoms with Crippen molar-refractivity contribution in [3.63, 3.8) is 0 Å². The van der Waals surface area contributed by atoms with Gasteiger partial charge in [0.05, 0.1) is 13.0 Å². The van der Waals surface area contributed by atoms with Gasteiger partial charge in [-0.2, -0.15) is 0 Å². The maximum atomic E-state index is 11.8. The van der Waals surface area contributed by atoms with Crippen LogP contribution in [0.5, 0.6) is 5.75 Å². The van der Waals surface area contributed by atoms with E-state index in [1.165, 1.54) is 12.1 Å². The van der Waals surface area contributed by atoms with Crippen molar-refractivity contribution in [2.24, 2.45) is 5.41 Å². The van der Waals surface area contributed by atoms with Crippen molar-refractivity contribution in [2.45, 2.75) is 27.2 Å². The molecule has 0 saturated heterocycles. The Balaban J connectivity index is 1.80. The zero-order valence-electron chi connectivity index (χ0n) is 14.5. The van der Waals surface area contributed by atoms with E-state index < -0.39 is 17.7 Å². The quantitative estimate of drug-likeness (QED) is 0.508. The van der Waals surface area contributed by atoms with E-state index in [0.29, 0.717) is 5.58 Å². The highest BCUT2D eigenvalue weighted by molar-refractivity contribution is 5.80. The average molecular weight is 347 g/mol. The normalized spacial score (nSPS) is 11.2. The fraction of sp³-hybridized carbons (Fsp3) is 0.389. The largest absolute Gasteiger partial charge is 0.449 e. The molecule has 1 N–H and O–H groups in total. The molecule has 2 aromatic rings. The first-order chi connectivity index (χ1) is 11.7. The third-order valence-corrected chi connectivity index (χ3v) is 3.06. The minimum Gasteiger partial charge on any atom is -0.449 e. The lowest BCUT2D eigenvalue weighted by atomic mass is 9.99. The predicted octanol–water partition coefficient (Wildman–Crippen LogP) is 2.86. The summed E-state index contributed by atoms with van der Waals surface area (Å²) in [6, 6.07) is 7.70. The van der Waals surface area contributed by atoms with Crippen LogP contribution in [0, 0.1) is 5.41 Å². The van der Waals surface area contributed by atoms with Gasteiger partial charge in [0.1, 0.15) is 11.3 Å². The molecular weight excluding hydrogens is 326 g/mol. The van der Waals surface area contributed by atoms with E-state index in [-0.39, 0.29) is 30.7 Å². The summed E-state index contributed by atoms with van der Waals surface area (Å²) in [5.41, 5.74) is -0.267. The SMILES string of the molecule is CC(C)(C)COC(=O)NCCC(=O)Oc1ccc2ccc(=O)oc2c1. The Morgan fingerprint density at radius 3 is 2.60 bits per heavy atom.